The lowest BCUT2D eigenvalue weighted by molar-refractivity contribution is 0.107. The lowest BCUT2D eigenvalue weighted by atomic mass is 9.98. The van der Waals surface area contributed by atoms with Crippen LogP contribution in [0.4, 0.5) is 0 Å². The average Bonchev–Trinajstić information content (AvgIpc) is 2.54. The van der Waals surface area contributed by atoms with Gasteiger partial charge in [-0.25, -0.2) is 0 Å². The topological polar surface area (TPSA) is 9.23 Å². The van der Waals surface area contributed by atoms with Gasteiger partial charge in [0.2, 0.25) is 0 Å². The van der Waals surface area contributed by atoms with E-state index in [2.05, 4.69) is 50.2 Å². The van der Waals surface area contributed by atoms with Gasteiger partial charge < -0.3 is 4.74 Å². The predicted molar refractivity (Wildman–Crippen MR) is 89.2 cm³/mol. The molecule has 21 heavy (non-hydrogen) atoms. The van der Waals surface area contributed by atoms with E-state index >= 15 is 0 Å². The largest absolute Gasteiger partial charge is 0.372 e. The molecule has 0 spiro atoms. The van der Waals surface area contributed by atoms with Gasteiger partial charge in [0.1, 0.15) is 0 Å². The first-order valence-corrected chi connectivity index (χ1v) is 7.97. The summed E-state index contributed by atoms with van der Waals surface area (Å²) in [6.45, 7) is 5.95. The third-order valence-corrected chi connectivity index (χ3v) is 3.99. The van der Waals surface area contributed by atoms with Gasteiger partial charge in [-0.15, -0.1) is 0 Å². The van der Waals surface area contributed by atoms with Gasteiger partial charge in [0.15, 0.2) is 0 Å². The highest BCUT2D eigenvalue weighted by Gasteiger charge is 2.01. The Morgan fingerprint density at radius 3 is 2.29 bits per heavy atom. The van der Waals surface area contributed by atoms with Crippen molar-refractivity contribution in [2.75, 3.05) is 0 Å². The van der Waals surface area contributed by atoms with Gasteiger partial charge in [0.05, 0.1) is 13.2 Å². The number of ether oxygens (including phenoxy) is 1. The van der Waals surface area contributed by atoms with E-state index in [1.54, 1.807) is 0 Å². The van der Waals surface area contributed by atoms with E-state index in [0.29, 0.717) is 13.2 Å². The molecule has 2 aromatic carbocycles. The van der Waals surface area contributed by atoms with Gasteiger partial charge in [-0.1, -0.05) is 74.9 Å². The van der Waals surface area contributed by atoms with Crippen LogP contribution in [0.5, 0.6) is 0 Å². The molecule has 0 N–H and O–H groups in total. The first-order valence-electron chi connectivity index (χ1n) is 7.97. The first kappa shape index (κ1) is 15.8. The highest BCUT2D eigenvalue weighted by molar-refractivity contribution is 5.23. The van der Waals surface area contributed by atoms with Crippen molar-refractivity contribution in [3.63, 3.8) is 0 Å². The first-order chi connectivity index (χ1) is 10.3. The standard InChI is InChI=1S/C20H26O/c1-3-17(2)12-13-18-10-7-11-20(14-18)16-21-15-19-8-5-4-6-9-19/h4-11,14,17H,3,12-13,15-16H2,1-2H3. The Kier molecular flexibility index (Phi) is 6.49. The minimum atomic E-state index is 0.679. The summed E-state index contributed by atoms with van der Waals surface area (Å²) in [6, 6.07) is 19.1. The zero-order valence-electron chi connectivity index (χ0n) is 13.2. The van der Waals surface area contributed by atoms with E-state index in [-0.39, 0.29) is 0 Å². The number of hydrogen-bond acceptors (Lipinski definition) is 1. The van der Waals surface area contributed by atoms with Gasteiger partial charge in [-0.2, -0.15) is 0 Å². The summed E-state index contributed by atoms with van der Waals surface area (Å²) in [5.74, 6) is 0.808. The van der Waals surface area contributed by atoms with Crippen molar-refractivity contribution in [1.82, 2.24) is 0 Å². The molecule has 0 saturated carbocycles. The monoisotopic (exact) mass is 282 g/mol. The van der Waals surface area contributed by atoms with Gasteiger partial charge in [0.25, 0.3) is 0 Å². The van der Waals surface area contributed by atoms with Crippen LogP contribution in [0.2, 0.25) is 0 Å². The molecular formula is C20H26O. The van der Waals surface area contributed by atoms with E-state index < -0.39 is 0 Å². The number of rotatable bonds is 8. The normalized spacial score (nSPS) is 12.3. The Morgan fingerprint density at radius 1 is 0.857 bits per heavy atom. The lowest BCUT2D eigenvalue weighted by Gasteiger charge is -2.10. The fourth-order valence-electron chi connectivity index (χ4n) is 2.35. The summed E-state index contributed by atoms with van der Waals surface area (Å²) < 4.78 is 5.81. The Morgan fingerprint density at radius 2 is 1.52 bits per heavy atom. The van der Waals surface area contributed by atoms with E-state index in [4.69, 9.17) is 4.74 Å². The molecule has 2 rings (SSSR count). The van der Waals surface area contributed by atoms with E-state index in [1.165, 1.54) is 36.0 Å². The fourth-order valence-corrected chi connectivity index (χ4v) is 2.35. The maximum absolute atomic E-state index is 5.81. The van der Waals surface area contributed by atoms with Crippen LogP contribution in [0.1, 0.15) is 43.4 Å². The summed E-state index contributed by atoms with van der Waals surface area (Å²) in [4.78, 5) is 0. The molecule has 112 valence electrons. The summed E-state index contributed by atoms with van der Waals surface area (Å²) in [5.41, 5.74) is 3.93. The van der Waals surface area contributed by atoms with Crippen molar-refractivity contribution in [1.29, 1.82) is 0 Å². The maximum Gasteiger partial charge on any atom is 0.0721 e. The Hall–Kier alpha value is -1.60. The molecule has 1 unspecified atom stereocenters. The lowest BCUT2D eigenvalue weighted by Crippen LogP contribution is -1.98. The van der Waals surface area contributed by atoms with Crippen LogP contribution in [0, 0.1) is 5.92 Å². The number of benzene rings is 2. The Labute approximate surface area is 129 Å². The zero-order chi connectivity index (χ0) is 14.9. The van der Waals surface area contributed by atoms with Crippen LogP contribution in [0.25, 0.3) is 0 Å². The Bertz CT molecular complexity index is 518. The van der Waals surface area contributed by atoms with E-state index in [1.807, 2.05) is 18.2 Å². The molecule has 1 nitrogen and oxygen atoms in total. The molecule has 2 aromatic rings. The molecule has 0 bridgehead atoms. The molecule has 0 heterocycles. The minimum absolute atomic E-state index is 0.679. The number of hydrogen-bond donors (Lipinski definition) is 0. The van der Waals surface area contributed by atoms with Crippen molar-refractivity contribution in [2.45, 2.75) is 46.3 Å². The van der Waals surface area contributed by atoms with Crippen LogP contribution in [-0.4, -0.2) is 0 Å². The van der Waals surface area contributed by atoms with E-state index in [9.17, 15) is 0 Å². The van der Waals surface area contributed by atoms with Crippen molar-refractivity contribution in [3.05, 3.63) is 71.3 Å². The summed E-state index contributed by atoms with van der Waals surface area (Å²) >= 11 is 0. The van der Waals surface area contributed by atoms with Crippen molar-refractivity contribution in [2.24, 2.45) is 5.92 Å². The second kappa shape index (κ2) is 8.63. The van der Waals surface area contributed by atoms with Crippen LogP contribution in [-0.2, 0) is 24.4 Å². The fraction of sp³-hybridized carbons (Fsp3) is 0.400. The van der Waals surface area contributed by atoms with E-state index in [0.717, 1.165) is 5.92 Å². The van der Waals surface area contributed by atoms with Gasteiger partial charge in [0, 0.05) is 0 Å². The predicted octanol–water partition coefficient (Wildman–Crippen LogP) is 5.38. The van der Waals surface area contributed by atoms with Crippen LogP contribution < -0.4 is 0 Å². The maximum atomic E-state index is 5.81. The molecular weight excluding hydrogens is 256 g/mol. The third kappa shape index (κ3) is 5.73. The second-order valence-electron chi connectivity index (χ2n) is 5.85. The molecule has 0 fully saturated rings. The van der Waals surface area contributed by atoms with Crippen LogP contribution in [0.15, 0.2) is 54.6 Å². The van der Waals surface area contributed by atoms with Crippen molar-refractivity contribution < 1.29 is 4.74 Å². The molecule has 0 saturated heterocycles. The van der Waals surface area contributed by atoms with Crippen LogP contribution >= 0.6 is 0 Å². The molecule has 0 aliphatic heterocycles. The van der Waals surface area contributed by atoms with Gasteiger partial charge in [-0.3, -0.25) is 0 Å². The molecule has 0 aromatic heterocycles. The SMILES string of the molecule is CCC(C)CCc1cccc(COCc2ccccc2)c1. The molecule has 0 aliphatic rings. The molecule has 1 heteroatoms. The second-order valence-corrected chi connectivity index (χ2v) is 5.85. The summed E-state index contributed by atoms with van der Waals surface area (Å²) in [5, 5.41) is 0. The van der Waals surface area contributed by atoms with Crippen molar-refractivity contribution >= 4 is 0 Å². The summed E-state index contributed by atoms with van der Waals surface area (Å²) in [6.07, 6.45) is 3.70. The number of aryl methyl sites for hydroxylation is 1. The molecule has 0 amide bonds. The van der Waals surface area contributed by atoms with Gasteiger partial charge in [-0.05, 0) is 35.4 Å². The van der Waals surface area contributed by atoms with Crippen LogP contribution in [0.3, 0.4) is 0 Å². The quantitative estimate of drug-likeness (QED) is 0.631. The smallest absolute Gasteiger partial charge is 0.0721 e. The zero-order valence-corrected chi connectivity index (χ0v) is 13.2. The summed E-state index contributed by atoms with van der Waals surface area (Å²) in [7, 11) is 0. The van der Waals surface area contributed by atoms with Gasteiger partial charge >= 0.3 is 0 Å². The highest BCUT2D eigenvalue weighted by Crippen LogP contribution is 2.14. The third-order valence-electron chi connectivity index (χ3n) is 3.99. The average molecular weight is 282 g/mol. The minimum Gasteiger partial charge on any atom is -0.372 e. The molecule has 0 radical (unpaired) electrons. The molecule has 1 atom stereocenters. The van der Waals surface area contributed by atoms with Crippen molar-refractivity contribution in [3.8, 4) is 0 Å². The highest BCUT2D eigenvalue weighted by atomic mass is 16.5. The molecule has 0 aliphatic carbocycles. The Balaban J connectivity index is 1.80.